The van der Waals surface area contributed by atoms with Crippen LogP contribution in [0.5, 0.6) is 0 Å². The number of amides is 3. The molecule has 5 aromatic rings. The number of methoxy groups -OCH3 is 1. The number of hydrogen-bond donors (Lipinski definition) is 3. The van der Waals surface area contributed by atoms with Crippen LogP contribution in [0, 0.1) is 0 Å². The van der Waals surface area contributed by atoms with Gasteiger partial charge < -0.3 is 20.7 Å². The molecule has 0 saturated carbocycles. The predicted molar refractivity (Wildman–Crippen MR) is 200 cm³/mol. The maximum Gasteiger partial charge on any atom is 0.341 e. The van der Waals surface area contributed by atoms with Crippen molar-refractivity contribution in [3.63, 3.8) is 0 Å². The van der Waals surface area contributed by atoms with Crippen molar-refractivity contribution in [2.45, 2.75) is 24.4 Å². The van der Waals surface area contributed by atoms with Crippen LogP contribution in [0.1, 0.15) is 42.3 Å². The summed E-state index contributed by atoms with van der Waals surface area (Å²) in [7, 11) is 1.35. The number of hydrogen-bond acceptors (Lipinski definition) is 9. The Morgan fingerprint density at radius 3 is 2.47 bits per heavy atom. The normalized spacial score (nSPS) is 12.8. The number of anilines is 2. The van der Waals surface area contributed by atoms with Gasteiger partial charge in [-0.2, -0.15) is 0 Å². The highest BCUT2D eigenvalue weighted by Gasteiger charge is 2.29. The molecule has 3 aromatic carbocycles. The average molecular weight is 718 g/mol. The Balaban J connectivity index is 1.10. The molecule has 0 spiro atoms. The molecule has 0 unspecified atom stereocenters. The molecular weight excluding hydrogens is 683 g/mol. The van der Waals surface area contributed by atoms with Gasteiger partial charge in [-0.1, -0.05) is 60.7 Å². The summed E-state index contributed by atoms with van der Waals surface area (Å²) >= 11 is 2.70. The molecule has 2 aromatic heterocycles. The molecule has 3 heterocycles. The van der Waals surface area contributed by atoms with Gasteiger partial charge in [-0.3, -0.25) is 24.3 Å². The first-order valence-electron chi connectivity index (χ1n) is 16.2. The summed E-state index contributed by atoms with van der Waals surface area (Å²) < 4.78 is 5.11. The van der Waals surface area contributed by atoms with Crippen LogP contribution in [0.15, 0.2) is 120 Å². The van der Waals surface area contributed by atoms with E-state index in [1.54, 1.807) is 79.1 Å². The van der Waals surface area contributed by atoms with Crippen molar-refractivity contribution < 1.29 is 23.9 Å². The molecule has 10 nitrogen and oxygen atoms in total. The van der Waals surface area contributed by atoms with E-state index >= 15 is 0 Å². The van der Waals surface area contributed by atoms with Crippen LogP contribution in [0.25, 0.3) is 6.08 Å². The number of nitrogens with one attached hydrogen (secondary N) is 3. The summed E-state index contributed by atoms with van der Waals surface area (Å²) in [5.74, 6) is -1.62. The van der Waals surface area contributed by atoms with Gasteiger partial charge in [0.05, 0.1) is 18.4 Å². The first-order chi connectivity index (χ1) is 24.9. The second-order valence-electron chi connectivity index (χ2n) is 11.6. The van der Waals surface area contributed by atoms with Crippen LogP contribution >= 0.6 is 23.1 Å². The van der Waals surface area contributed by atoms with Gasteiger partial charge in [0.15, 0.2) is 0 Å². The van der Waals surface area contributed by atoms with Crippen LogP contribution in [0.4, 0.5) is 10.7 Å². The highest BCUT2D eigenvalue weighted by Crippen LogP contribution is 2.38. The minimum Gasteiger partial charge on any atom is -0.465 e. The summed E-state index contributed by atoms with van der Waals surface area (Å²) in [4.78, 5) is 60.6. The molecule has 258 valence electrons. The van der Waals surface area contributed by atoms with Gasteiger partial charge >= 0.3 is 5.97 Å². The highest BCUT2D eigenvalue weighted by atomic mass is 32.2. The summed E-state index contributed by atoms with van der Waals surface area (Å²) in [5, 5.41) is 9.01. The lowest BCUT2D eigenvalue weighted by atomic mass is 10.0. The van der Waals surface area contributed by atoms with Gasteiger partial charge in [-0.15, -0.1) is 23.1 Å². The van der Waals surface area contributed by atoms with E-state index in [0.717, 1.165) is 28.4 Å². The number of rotatable bonds is 12. The topological polar surface area (TPSA) is 130 Å². The van der Waals surface area contributed by atoms with E-state index in [1.807, 2.05) is 24.3 Å². The number of benzene rings is 3. The Morgan fingerprint density at radius 1 is 0.941 bits per heavy atom. The maximum absolute atomic E-state index is 13.4. The number of thioether (sulfide) groups is 1. The molecular formula is C39H35N5O5S2. The van der Waals surface area contributed by atoms with E-state index in [4.69, 9.17) is 4.74 Å². The van der Waals surface area contributed by atoms with Crippen LogP contribution in [-0.2, 0) is 33.8 Å². The van der Waals surface area contributed by atoms with Crippen LogP contribution in [0.2, 0.25) is 0 Å². The van der Waals surface area contributed by atoms with Crippen molar-refractivity contribution in [3.8, 4) is 0 Å². The quantitative estimate of drug-likeness (QED) is 0.0746. The molecule has 51 heavy (non-hydrogen) atoms. The van der Waals surface area contributed by atoms with Gasteiger partial charge in [0.2, 0.25) is 5.91 Å². The van der Waals surface area contributed by atoms with E-state index in [9.17, 15) is 19.2 Å². The summed E-state index contributed by atoms with van der Waals surface area (Å²) in [5.41, 5.74) is 4.14. The van der Waals surface area contributed by atoms with Crippen LogP contribution in [-0.4, -0.2) is 53.0 Å². The summed E-state index contributed by atoms with van der Waals surface area (Å²) in [6.07, 6.45) is 5.44. The molecule has 1 aliphatic heterocycles. The number of nitrogens with zero attached hydrogens (tertiary/aromatic N) is 2. The predicted octanol–water partition coefficient (Wildman–Crippen LogP) is 6.63. The lowest BCUT2D eigenvalue weighted by Gasteiger charge is -2.27. The molecule has 0 saturated heterocycles. The van der Waals surface area contributed by atoms with Gasteiger partial charge in [0.25, 0.3) is 11.8 Å². The van der Waals surface area contributed by atoms with E-state index in [-0.39, 0.29) is 17.4 Å². The van der Waals surface area contributed by atoms with E-state index in [2.05, 4.69) is 38.0 Å². The van der Waals surface area contributed by atoms with Gasteiger partial charge in [-0.25, -0.2) is 4.79 Å². The van der Waals surface area contributed by atoms with E-state index < -0.39 is 17.8 Å². The van der Waals surface area contributed by atoms with Crippen molar-refractivity contribution in [2.75, 3.05) is 30.0 Å². The van der Waals surface area contributed by atoms with Crippen molar-refractivity contribution in [3.05, 3.63) is 148 Å². The number of carbonyl (C=O) groups excluding carboxylic acids is 4. The Morgan fingerprint density at radius 2 is 1.73 bits per heavy atom. The lowest BCUT2D eigenvalue weighted by Crippen LogP contribution is -2.30. The molecule has 0 aliphatic carbocycles. The molecule has 1 aliphatic rings. The lowest BCUT2D eigenvalue weighted by molar-refractivity contribution is -0.114. The minimum absolute atomic E-state index is 0.0394. The monoisotopic (exact) mass is 717 g/mol. The summed E-state index contributed by atoms with van der Waals surface area (Å²) in [6, 6.07) is 29.5. The Bertz CT molecular complexity index is 2050. The molecule has 3 N–H and O–H groups in total. The van der Waals surface area contributed by atoms with Gasteiger partial charge in [0.1, 0.15) is 10.7 Å². The van der Waals surface area contributed by atoms with Gasteiger partial charge in [0, 0.05) is 53.1 Å². The van der Waals surface area contributed by atoms with Crippen molar-refractivity contribution in [1.82, 2.24) is 15.2 Å². The Labute approximate surface area is 303 Å². The Kier molecular flexibility index (Phi) is 11.7. The number of thiophene rings is 1. The SMILES string of the molecule is COC(=O)c1c(NC(=O)CSc2cccc(NC(=O)/C(=C/c3cccnc3)NC(=O)c3ccccc3)c2)sc2c1CCN(Cc1ccccc1)C2. The molecule has 3 amide bonds. The Hall–Kier alpha value is -5.56. The number of pyridine rings is 1. The largest absolute Gasteiger partial charge is 0.465 e. The van der Waals surface area contributed by atoms with Crippen molar-refractivity contribution >= 4 is 63.6 Å². The standard InChI is InChI=1S/C39H35N5O5S2/c1-49-39(48)35-31-17-19-44(23-26-10-4-2-5-11-26)24-33(31)51-38(35)43-34(45)25-50-30-16-8-15-29(21-30)41-37(47)32(20-27-12-9-18-40-22-27)42-36(46)28-13-6-3-7-14-28/h2-16,18,20-22H,17,19,23-25H2,1H3,(H,41,47)(H,42,46)(H,43,45)/b32-20-. The summed E-state index contributed by atoms with van der Waals surface area (Å²) in [6.45, 7) is 2.27. The first kappa shape index (κ1) is 35.3. The number of fused-ring (bicyclic) bond motifs is 1. The number of carbonyl (C=O) groups is 4. The zero-order valence-corrected chi connectivity index (χ0v) is 29.4. The molecule has 0 radical (unpaired) electrons. The van der Waals surface area contributed by atoms with Gasteiger partial charge in [-0.05, 0) is 65.6 Å². The maximum atomic E-state index is 13.4. The highest BCUT2D eigenvalue weighted by molar-refractivity contribution is 8.00. The minimum atomic E-state index is -0.526. The first-order valence-corrected chi connectivity index (χ1v) is 18.0. The van der Waals surface area contributed by atoms with Crippen molar-refractivity contribution in [2.24, 2.45) is 0 Å². The van der Waals surface area contributed by atoms with Crippen LogP contribution in [0.3, 0.4) is 0 Å². The molecule has 0 fully saturated rings. The van der Waals surface area contributed by atoms with E-state index in [0.29, 0.717) is 40.3 Å². The smallest absolute Gasteiger partial charge is 0.341 e. The fourth-order valence-corrected chi connectivity index (χ4v) is 7.63. The fourth-order valence-electron chi connectivity index (χ4n) is 5.58. The third kappa shape index (κ3) is 9.37. The zero-order valence-electron chi connectivity index (χ0n) is 27.8. The third-order valence-electron chi connectivity index (χ3n) is 8.01. The number of esters is 1. The van der Waals surface area contributed by atoms with Crippen molar-refractivity contribution in [1.29, 1.82) is 0 Å². The van der Waals surface area contributed by atoms with Crippen LogP contribution < -0.4 is 16.0 Å². The number of aromatic nitrogens is 1. The molecule has 0 bridgehead atoms. The third-order valence-corrected chi connectivity index (χ3v) is 10.1. The fraction of sp³-hybridized carbons (Fsp3) is 0.154. The molecule has 12 heteroatoms. The molecule has 6 rings (SSSR count). The second kappa shape index (κ2) is 16.9. The molecule has 0 atom stereocenters. The average Bonchev–Trinajstić information content (AvgIpc) is 3.51. The van der Waals surface area contributed by atoms with E-state index in [1.165, 1.54) is 35.8 Å². The number of ether oxygens (including phenoxy) is 1. The second-order valence-corrected chi connectivity index (χ2v) is 13.8. The zero-order chi connectivity index (χ0) is 35.6.